The lowest BCUT2D eigenvalue weighted by Gasteiger charge is -2.39. The Hall–Kier alpha value is -0.610. The van der Waals surface area contributed by atoms with E-state index in [4.69, 9.17) is 4.98 Å². The maximum Gasteiger partial charge on any atom is 0.186 e. The van der Waals surface area contributed by atoms with Gasteiger partial charge in [-0.25, -0.2) is 4.98 Å². The molecule has 1 fully saturated rings. The molecule has 1 aromatic heterocycles. The SMILES string of the molecule is CCC1CN(c2nc(C)c(C)s2)C(CC)CN1. The smallest absolute Gasteiger partial charge is 0.186 e. The van der Waals surface area contributed by atoms with Crippen LogP contribution in [0.25, 0.3) is 0 Å². The first kappa shape index (κ1) is 12.8. The summed E-state index contributed by atoms with van der Waals surface area (Å²) < 4.78 is 0. The van der Waals surface area contributed by atoms with Gasteiger partial charge in [-0.2, -0.15) is 0 Å². The highest BCUT2D eigenvalue weighted by atomic mass is 32.1. The van der Waals surface area contributed by atoms with Crippen LogP contribution in [0.15, 0.2) is 0 Å². The van der Waals surface area contributed by atoms with Gasteiger partial charge in [0.05, 0.1) is 5.69 Å². The molecule has 0 aliphatic carbocycles. The molecule has 1 saturated heterocycles. The summed E-state index contributed by atoms with van der Waals surface area (Å²) in [5, 5.41) is 4.84. The molecule has 0 amide bonds. The molecular weight excluding hydrogens is 230 g/mol. The molecule has 1 N–H and O–H groups in total. The number of anilines is 1. The Bertz CT molecular complexity index is 355. The fourth-order valence-electron chi connectivity index (χ4n) is 2.32. The van der Waals surface area contributed by atoms with E-state index in [1.54, 1.807) is 0 Å². The lowest BCUT2D eigenvalue weighted by atomic mass is 10.1. The van der Waals surface area contributed by atoms with Crippen LogP contribution < -0.4 is 10.2 Å². The van der Waals surface area contributed by atoms with Crippen molar-refractivity contribution in [1.29, 1.82) is 0 Å². The summed E-state index contributed by atoms with van der Waals surface area (Å²) in [6.45, 7) is 11.0. The lowest BCUT2D eigenvalue weighted by Crippen LogP contribution is -2.56. The number of nitrogens with zero attached hydrogens (tertiary/aromatic N) is 2. The number of piperazine rings is 1. The van der Waals surface area contributed by atoms with Crippen molar-refractivity contribution in [2.45, 2.75) is 52.6 Å². The van der Waals surface area contributed by atoms with Crippen LogP contribution in [0.2, 0.25) is 0 Å². The molecule has 1 aromatic rings. The van der Waals surface area contributed by atoms with Gasteiger partial charge in [0.1, 0.15) is 0 Å². The second-order valence-electron chi connectivity index (χ2n) is 4.87. The molecule has 1 aliphatic rings. The minimum absolute atomic E-state index is 0.600. The number of thiazole rings is 1. The van der Waals surface area contributed by atoms with Crippen LogP contribution in [0.1, 0.15) is 37.3 Å². The van der Waals surface area contributed by atoms with Crippen LogP contribution in [0, 0.1) is 13.8 Å². The first-order chi connectivity index (χ1) is 8.15. The van der Waals surface area contributed by atoms with E-state index in [2.05, 4.69) is 37.9 Å². The van der Waals surface area contributed by atoms with Gasteiger partial charge in [-0.15, -0.1) is 11.3 Å². The average Bonchev–Trinajstić information content (AvgIpc) is 2.68. The van der Waals surface area contributed by atoms with Gasteiger partial charge in [0.25, 0.3) is 0 Å². The van der Waals surface area contributed by atoms with Gasteiger partial charge in [-0.1, -0.05) is 13.8 Å². The number of aryl methyl sites for hydroxylation is 2. The second-order valence-corrected chi connectivity index (χ2v) is 6.05. The van der Waals surface area contributed by atoms with E-state index in [-0.39, 0.29) is 0 Å². The van der Waals surface area contributed by atoms with Gasteiger partial charge in [0.2, 0.25) is 0 Å². The van der Waals surface area contributed by atoms with Crippen molar-refractivity contribution in [3.63, 3.8) is 0 Å². The molecule has 2 atom stereocenters. The van der Waals surface area contributed by atoms with Gasteiger partial charge in [-0.05, 0) is 26.7 Å². The molecule has 0 spiro atoms. The Morgan fingerprint density at radius 2 is 2.12 bits per heavy atom. The fourth-order valence-corrected chi connectivity index (χ4v) is 3.31. The molecule has 96 valence electrons. The third kappa shape index (κ3) is 2.63. The Morgan fingerprint density at radius 1 is 1.35 bits per heavy atom. The Labute approximate surface area is 108 Å². The van der Waals surface area contributed by atoms with Gasteiger partial charge in [0, 0.05) is 30.1 Å². The Kier molecular flexibility index (Phi) is 4.05. The topological polar surface area (TPSA) is 28.2 Å². The van der Waals surface area contributed by atoms with Crippen LogP contribution >= 0.6 is 11.3 Å². The van der Waals surface area contributed by atoms with Crippen molar-refractivity contribution >= 4 is 16.5 Å². The molecule has 2 rings (SSSR count). The maximum atomic E-state index is 4.72. The predicted octanol–water partition coefficient (Wildman–Crippen LogP) is 2.73. The number of hydrogen-bond acceptors (Lipinski definition) is 4. The third-order valence-electron chi connectivity index (χ3n) is 3.73. The number of aromatic nitrogens is 1. The molecule has 3 nitrogen and oxygen atoms in total. The van der Waals surface area contributed by atoms with E-state index < -0.39 is 0 Å². The number of rotatable bonds is 3. The van der Waals surface area contributed by atoms with E-state index in [0.717, 1.165) is 13.1 Å². The summed E-state index contributed by atoms with van der Waals surface area (Å²) in [6, 6.07) is 1.21. The first-order valence-electron chi connectivity index (χ1n) is 6.59. The molecule has 2 heterocycles. The van der Waals surface area contributed by atoms with Crippen molar-refractivity contribution in [2.75, 3.05) is 18.0 Å². The normalized spacial score (nSPS) is 25.3. The zero-order chi connectivity index (χ0) is 12.4. The number of nitrogens with one attached hydrogen (secondary N) is 1. The fraction of sp³-hybridized carbons (Fsp3) is 0.769. The van der Waals surface area contributed by atoms with Crippen molar-refractivity contribution < 1.29 is 0 Å². The summed E-state index contributed by atoms with van der Waals surface area (Å²) in [5.74, 6) is 0. The molecule has 4 heteroatoms. The van der Waals surface area contributed by atoms with Crippen LogP contribution in [-0.2, 0) is 0 Å². The monoisotopic (exact) mass is 253 g/mol. The molecule has 1 aliphatic heterocycles. The summed E-state index contributed by atoms with van der Waals surface area (Å²) in [4.78, 5) is 8.58. The second kappa shape index (κ2) is 5.36. The summed E-state index contributed by atoms with van der Waals surface area (Å²) in [7, 11) is 0. The Morgan fingerprint density at radius 3 is 2.65 bits per heavy atom. The highest BCUT2D eigenvalue weighted by Gasteiger charge is 2.27. The highest BCUT2D eigenvalue weighted by Crippen LogP contribution is 2.29. The van der Waals surface area contributed by atoms with Gasteiger partial charge in [0.15, 0.2) is 5.13 Å². The summed E-state index contributed by atoms with van der Waals surface area (Å²) in [5.41, 5.74) is 1.19. The minimum Gasteiger partial charge on any atom is -0.342 e. The largest absolute Gasteiger partial charge is 0.342 e. The van der Waals surface area contributed by atoms with Gasteiger partial charge >= 0.3 is 0 Å². The molecule has 2 unspecified atom stereocenters. The van der Waals surface area contributed by atoms with E-state index in [0.29, 0.717) is 12.1 Å². The van der Waals surface area contributed by atoms with Crippen LogP contribution in [0.3, 0.4) is 0 Å². The molecule has 0 aromatic carbocycles. The first-order valence-corrected chi connectivity index (χ1v) is 7.41. The predicted molar refractivity (Wildman–Crippen MR) is 75.1 cm³/mol. The van der Waals surface area contributed by atoms with E-state index >= 15 is 0 Å². The van der Waals surface area contributed by atoms with Crippen molar-refractivity contribution in [3.8, 4) is 0 Å². The van der Waals surface area contributed by atoms with E-state index in [9.17, 15) is 0 Å². The van der Waals surface area contributed by atoms with E-state index in [1.165, 1.54) is 28.5 Å². The molecule has 0 saturated carbocycles. The highest BCUT2D eigenvalue weighted by molar-refractivity contribution is 7.15. The summed E-state index contributed by atoms with van der Waals surface area (Å²) in [6.07, 6.45) is 2.37. The quantitative estimate of drug-likeness (QED) is 0.898. The van der Waals surface area contributed by atoms with Crippen LogP contribution in [0.5, 0.6) is 0 Å². The van der Waals surface area contributed by atoms with Crippen molar-refractivity contribution in [3.05, 3.63) is 10.6 Å². The van der Waals surface area contributed by atoms with Crippen LogP contribution in [0.4, 0.5) is 5.13 Å². The lowest BCUT2D eigenvalue weighted by molar-refractivity contribution is 0.378. The zero-order valence-electron chi connectivity index (χ0n) is 11.3. The molecule has 0 radical (unpaired) electrons. The van der Waals surface area contributed by atoms with Gasteiger partial charge in [-0.3, -0.25) is 0 Å². The molecular formula is C13H23N3S. The molecule has 0 bridgehead atoms. The zero-order valence-corrected chi connectivity index (χ0v) is 12.1. The number of hydrogen-bond donors (Lipinski definition) is 1. The Balaban J connectivity index is 2.19. The maximum absolute atomic E-state index is 4.72. The molecule has 17 heavy (non-hydrogen) atoms. The van der Waals surface area contributed by atoms with Gasteiger partial charge < -0.3 is 10.2 Å². The minimum atomic E-state index is 0.600. The third-order valence-corrected chi connectivity index (χ3v) is 4.84. The van der Waals surface area contributed by atoms with E-state index in [1.807, 2.05) is 11.3 Å². The standard InChI is InChI=1S/C13H23N3S/c1-5-11-8-16(12(6-2)7-14-11)13-15-9(3)10(4)17-13/h11-12,14H,5-8H2,1-4H3. The average molecular weight is 253 g/mol. The summed E-state index contributed by atoms with van der Waals surface area (Å²) >= 11 is 1.84. The van der Waals surface area contributed by atoms with Crippen molar-refractivity contribution in [2.24, 2.45) is 0 Å². The van der Waals surface area contributed by atoms with Crippen LogP contribution in [-0.4, -0.2) is 30.2 Å². The van der Waals surface area contributed by atoms with Crippen molar-refractivity contribution in [1.82, 2.24) is 10.3 Å².